The van der Waals surface area contributed by atoms with Crippen LogP contribution in [0.15, 0.2) is 46.4 Å². The van der Waals surface area contributed by atoms with E-state index in [-0.39, 0.29) is 11.3 Å². The number of anilines is 1. The second-order valence-corrected chi connectivity index (χ2v) is 6.13. The molecule has 4 nitrogen and oxygen atoms in total. The molecule has 2 aromatic carbocycles. The number of rotatable bonds is 3. The lowest BCUT2D eigenvalue weighted by Crippen LogP contribution is -2.13. The van der Waals surface area contributed by atoms with Gasteiger partial charge >= 0.3 is 0 Å². The number of amides is 1. The van der Waals surface area contributed by atoms with E-state index in [1.54, 1.807) is 24.3 Å². The molecular weight excluding hydrogens is 403 g/mol. The summed E-state index contributed by atoms with van der Waals surface area (Å²) in [7, 11) is 0. The quantitative estimate of drug-likeness (QED) is 0.550. The number of carbonyl (C=O) groups excluding carboxylic acids is 1. The molecule has 0 aliphatic rings. The van der Waals surface area contributed by atoms with Crippen LogP contribution in [0.25, 0.3) is 6.08 Å². The fraction of sp³-hybridized carbons (Fsp3) is 0. The van der Waals surface area contributed by atoms with Gasteiger partial charge in [-0.3, -0.25) is 4.79 Å². The predicted molar refractivity (Wildman–Crippen MR) is 94.5 cm³/mol. The number of phenolic OH excluding ortho intramolecular Hbond substituents is 1. The minimum absolute atomic E-state index is 0.0703. The monoisotopic (exact) mass is 410 g/mol. The van der Waals surface area contributed by atoms with Gasteiger partial charge in [0.1, 0.15) is 17.4 Å². The van der Waals surface area contributed by atoms with E-state index in [1.807, 2.05) is 6.07 Å². The summed E-state index contributed by atoms with van der Waals surface area (Å²) < 4.78 is 0.466. The molecule has 0 spiro atoms. The summed E-state index contributed by atoms with van der Waals surface area (Å²) in [6, 6.07) is 11.1. The molecule has 116 valence electrons. The van der Waals surface area contributed by atoms with Crippen molar-refractivity contribution in [2.45, 2.75) is 0 Å². The molecule has 0 aromatic heterocycles. The molecule has 0 heterocycles. The highest BCUT2D eigenvalue weighted by molar-refractivity contribution is 9.10. The van der Waals surface area contributed by atoms with Crippen molar-refractivity contribution in [3.8, 4) is 11.8 Å². The molecule has 1 amide bonds. The van der Waals surface area contributed by atoms with E-state index >= 15 is 0 Å². The molecule has 0 aliphatic carbocycles. The van der Waals surface area contributed by atoms with Crippen LogP contribution in [0.2, 0.25) is 10.0 Å². The van der Waals surface area contributed by atoms with Crippen LogP contribution in [0, 0.1) is 11.3 Å². The lowest BCUT2D eigenvalue weighted by molar-refractivity contribution is -0.112. The number of nitrogens with zero attached hydrogens (tertiary/aromatic N) is 1. The topological polar surface area (TPSA) is 73.1 Å². The van der Waals surface area contributed by atoms with Crippen LogP contribution in [0.4, 0.5) is 5.69 Å². The highest BCUT2D eigenvalue weighted by atomic mass is 79.9. The zero-order valence-electron chi connectivity index (χ0n) is 11.5. The lowest BCUT2D eigenvalue weighted by Gasteiger charge is -2.06. The predicted octanol–water partition coefficient (Wildman–Crippen LogP) is 5.01. The maximum Gasteiger partial charge on any atom is 0.266 e. The molecule has 2 N–H and O–H groups in total. The van der Waals surface area contributed by atoms with E-state index in [2.05, 4.69) is 21.2 Å². The highest BCUT2D eigenvalue weighted by Crippen LogP contribution is 2.26. The van der Waals surface area contributed by atoms with Crippen LogP contribution < -0.4 is 5.32 Å². The number of carbonyl (C=O) groups is 1. The largest absolute Gasteiger partial charge is 0.507 e. The maximum atomic E-state index is 12.2. The van der Waals surface area contributed by atoms with Crippen molar-refractivity contribution in [1.29, 1.82) is 5.26 Å². The van der Waals surface area contributed by atoms with Crippen molar-refractivity contribution in [2.24, 2.45) is 0 Å². The molecular formula is C16H9BrCl2N2O2. The minimum atomic E-state index is -0.574. The Balaban J connectivity index is 2.24. The average Bonchev–Trinajstić information content (AvgIpc) is 2.52. The molecule has 0 radical (unpaired) electrons. The van der Waals surface area contributed by atoms with E-state index in [0.717, 1.165) is 0 Å². The second-order valence-electron chi connectivity index (χ2n) is 4.46. The van der Waals surface area contributed by atoms with Crippen LogP contribution >= 0.6 is 39.1 Å². The van der Waals surface area contributed by atoms with Gasteiger partial charge in [0.2, 0.25) is 0 Å². The van der Waals surface area contributed by atoms with Gasteiger partial charge in [-0.1, -0.05) is 29.3 Å². The summed E-state index contributed by atoms with van der Waals surface area (Å²) in [4.78, 5) is 12.2. The second kappa shape index (κ2) is 7.51. The Labute approximate surface area is 151 Å². The minimum Gasteiger partial charge on any atom is -0.507 e. The van der Waals surface area contributed by atoms with Crippen molar-refractivity contribution < 1.29 is 9.90 Å². The van der Waals surface area contributed by atoms with Gasteiger partial charge in [0.25, 0.3) is 5.91 Å². The number of benzene rings is 2. The third-order valence-electron chi connectivity index (χ3n) is 2.83. The summed E-state index contributed by atoms with van der Waals surface area (Å²) >= 11 is 14.9. The molecule has 0 aliphatic heterocycles. The zero-order valence-corrected chi connectivity index (χ0v) is 14.6. The molecule has 0 fully saturated rings. The fourth-order valence-electron chi connectivity index (χ4n) is 1.70. The highest BCUT2D eigenvalue weighted by Gasteiger charge is 2.11. The van der Waals surface area contributed by atoms with E-state index < -0.39 is 5.91 Å². The Morgan fingerprint density at radius 1 is 1.22 bits per heavy atom. The van der Waals surface area contributed by atoms with E-state index in [0.29, 0.717) is 25.8 Å². The van der Waals surface area contributed by atoms with Gasteiger partial charge in [-0.2, -0.15) is 5.26 Å². The summed E-state index contributed by atoms with van der Waals surface area (Å²) in [6.07, 6.45) is 1.41. The van der Waals surface area contributed by atoms with Crippen LogP contribution in [-0.4, -0.2) is 11.0 Å². The van der Waals surface area contributed by atoms with Gasteiger partial charge < -0.3 is 10.4 Å². The van der Waals surface area contributed by atoms with Crippen molar-refractivity contribution in [3.63, 3.8) is 0 Å². The number of hydrogen-bond acceptors (Lipinski definition) is 3. The van der Waals surface area contributed by atoms with Crippen LogP contribution in [0.1, 0.15) is 5.56 Å². The first-order valence-corrected chi connectivity index (χ1v) is 7.82. The lowest BCUT2D eigenvalue weighted by atomic mass is 10.1. The SMILES string of the molecule is N#C/C(=C/c1ccc(O)c(Br)c1)C(=O)Nc1ccc(Cl)c(Cl)c1. The molecule has 7 heteroatoms. The molecule has 23 heavy (non-hydrogen) atoms. The van der Waals surface area contributed by atoms with Crippen molar-refractivity contribution in [1.82, 2.24) is 0 Å². The molecule has 2 rings (SSSR count). The molecule has 0 saturated carbocycles. The van der Waals surface area contributed by atoms with E-state index in [4.69, 9.17) is 23.2 Å². The summed E-state index contributed by atoms with van der Waals surface area (Å²) in [5.41, 5.74) is 0.932. The Hall–Kier alpha value is -2.00. The zero-order chi connectivity index (χ0) is 17.0. The summed E-state index contributed by atoms with van der Waals surface area (Å²) in [6.45, 7) is 0. The van der Waals surface area contributed by atoms with Crippen molar-refractivity contribution in [2.75, 3.05) is 5.32 Å². The van der Waals surface area contributed by atoms with E-state index in [9.17, 15) is 15.2 Å². The first-order valence-electron chi connectivity index (χ1n) is 6.27. The normalized spacial score (nSPS) is 11.0. The van der Waals surface area contributed by atoms with Crippen molar-refractivity contribution >= 4 is 56.8 Å². The van der Waals surface area contributed by atoms with Gasteiger partial charge in [-0.25, -0.2) is 0 Å². The molecule has 0 bridgehead atoms. The number of phenols is 1. The van der Waals surface area contributed by atoms with Crippen LogP contribution in [-0.2, 0) is 4.79 Å². The molecule has 0 unspecified atom stereocenters. The van der Waals surface area contributed by atoms with E-state index in [1.165, 1.54) is 18.2 Å². The van der Waals surface area contributed by atoms with Gasteiger partial charge in [0.15, 0.2) is 0 Å². The van der Waals surface area contributed by atoms with Crippen molar-refractivity contribution in [3.05, 3.63) is 62.1 Å². The Bertz CT molecular complexity index is 844. The molecule has 2 aromatic rings. The average molecular weight is 412 g/mol. The smallest absolute Gasteiger partial charge is 0.266 e. The molecule has 0 saturated heterocycles. The van der Waals surface area contributed by atoms with Gasteiger partial charge in [0, 0.05) is 5.69 Å². The van der Waals surface area contributed by atoms with Gasteiger partial charge in [-0.15, -0.1) is 0 Å². The fourth-order valence-corrected chi connectivity index (χ4v) is 2.40. The Kier molecular flexibility index (Phi) is 5.67. The first kappa shape index (κ1) is 17.4. The third-order valence-corrected chi connectivity index (χ3v) is 4.20. The van der Waals surface area contributed by atoms with Crippen LogP contribution in [0.3, 0.4) is 0 Å². The number of hydrogen-bond donors (Lipinski definition) is 2. The van der Waals surface area contributed by atoms with Crippen LogP contribution in [0.5, 0.6) is 5.75 Å². The molecule has 0 atom stereocenters. The third kappa shape index (κ3) is 4.49. The Morgan fingerprint density at radius 3 is 2.57 bits per heavy atom. The van der Waals surface area contributed by atoms with Gasteiger partial charge in [0.05, 0.1) is 14.5 Å². The number of nitrogens with one attached hydrogen (secondary N) is 1. The standard InChI is InChI=1S/C16H9BrCl2N2O2/c17-12-6-9(1-4-15(12)22)5-10(8-20)16(23)21-11-2-3-13(18)14(19)7-11/h1-7,22H,(H,21,23)/b10-5-. The van der Waals surface area contributed by atoms with Gasteiger partial charge in [-0.05, 0) is 57.9 Å². The number of aromatic hydroxyl groups is 1. The Morgan fingerprint density at radius 2 is 1.96 bits per heavy atom. The summed E-state index contributed by atoms with van der Waals surface area (Å²) in [5, 5.41) is 21.9. The summed E-state index contributed by atoms with van der Waals surface area (Å²) in [5.74, 6) is -0.504. The maximum absolute atomic E-state index is 12.2. The first-order chi connectivity index (χ1) is 10.9. The number of nitriles is 1. The number of halogens is 3.